The van der Waals surface area contributed by atoms with Crippen molar-refractivity contribution in [3.05, 3.63) is 76.2 Å². The number of aryl methyl sites for hydroxylation is 2. The molecule has 0 aliphatic carbocycles. The number of hydrogen-bond acceptors (Lipinski definition) is 3. The molecule has 0 aliphatic heterocycles. The Morgan fingerprint density at radius 2 is 1.82 bits per heavy atom. The van der Waals surface area contributed by atoms with Crippen molar-refractivity contribution < 1.29 is 4.79 Å². The standard InChI is InChI=1S/C22H22N4O2/c1-14-8-4-5-9-16(14)12-23-21(27)15(2)26-19-11-7-6-10-17(19)18-13-24-25(3)22(28)20(18)26/h4-11,13,15H,12H2,1-3H3,(H,23,27). The van der Waals surface area contributed by atoms with Crippen LogP contribution in [0.3, 0.4) is 0 Å². The van der Waals surface area contributed by atoms with Gasteiger partial charge in [0.15, 0.2) is 0 Å². The van der Waals surface area contributed by atoms with Gasteiger partial charge in [0.25, 0.3) is 5.56 Å². The molecule has 142 valence electrons. The van der Waals surface area contributed by atoms with Crippen molar-refractivity contribution in [2.75, 3.05) is 0 Å². The monoisotopic (exact) mass is 374 g/mol. The molecular formula is C22H22N4O2. The van der Waals surface area contributed by atoms with E-state index in [1.807, 2.05) is 66.9 Å². The Balaban J connectivity index is 1.77. The molecule has 0 radical (unpaired) electrons. The molecule has 0 saturated carbocycles. The van der Waals surface area contributed by atoms with Gasteiger partial charge in [0.05, 0.1) is 11.7 Å². The van der Waals surface area contributed by atoms with Crippen LogP contribution in [0.5, 0.6) is 0 Å². The SMILES string of the molecule is Cc1ccccc1CNC(=O)C(C)n1c2ccccc2c2cnn(C)c(=O)c21. The molecule has 1 N–H and O–H groups in total. The van der Waals surface area contributed by atoms with Gasteiger partial charge in [-0.3, -0.25) is 9.59 Å². The Bertz CT molecular complexity index is 1250. The van der Waals surface area contributed by atoms with E-state index in [-0.39, 0.29) is 11.5 Å². The van der Waals surface area contributed by atoms with Gasteiger partial charge in [0.1, 0.15) is 11.6 Å². The van der Waals surface area contributed by atoms with E-state index in [4.69, 9.17) is 0 Å². The zero-order chi connectivity index (χ0) is 19.8. The van der Waals surface area contributed by atoms with Gasteiger partial charge in [-0.15, -0.1) is 0 Å². The third-order valence-electron chi connectivity index (χ3n) is 5.29. The molecule has 4 aromatic rings. The first-order valence-corrected chi connectivity index (χ1v) is 9.26. The van der Waals surface area contributed by atoms with Gasteiger partial charge in [-0.2, -0.15) is 5.10 Å². The summed E-state index contributed by atoms with van der Waals surface area (Å²) in [5, 5.41) is 8.84. The highest BCUT2D eigenvalue weighted by Crippen LogP contribution is 2.29. The summed E-state index contributed by atoms with van der Waals surface area (Å²) in [7, 11) is 1.62. The van der Waals surface area contributed by atoms with Gasteiger partial charge in [0, 0.05) is 24.4 Å². The first-order chi connectivity index (χ1) is 13.5. The van der Waals surface area contributed by atoms with Crippen molar-refractivity contribution >= 4 is 27.7 Å². The summed E-state index contributed by atoms with van der Waals surface area (Å²) in [5.41, 5.74) is 3.34. The van der Waals surface area contributed by atoms with Crippen molar-refractivity contribution in [2.45, 2.75) is 26.4 Å². The van der Waals surface area contributed by atoms with E-state index in [2.05, 4.69) is 10.4 Å². The topological polar surface area (TPSA) is 68.9 Å². The van der Waals surface area contributed by atoms with Gasteiger partial charge in [-0.25, -0.2) is 4.68 Å². The van der Waals surface area contributed by atoms with E-state index < -0.39 is 6.04 Å². The van der Waals surface area contributed by atoms with Crippen LogP contribution in [0, 0.1) is 6.92 Å². The second-order valence-corrected chi connectivity index (χ2v) is 7.04. The van der Waals surface area contributed by atoms with Crippen molar-refractivity contribution in [2.24, 2.45) is 7.05 Å². The Morgan fingerprint density at radius 3 is 2.61 bits per heavy atom. The number of amides is 1. The van der Waals surface area contributed by atoms with Gasteiger partial charge in [-0.05, 0) is 31.0 Å². The third kappa shape index (κ3) is 2.87. The zero-order valence-electron chi connectivity index (χ0n) is 16.1. The maximum atomic E-state index is 13.0. The van der Waals surface area contributed by atoms with Crippen molar-refractivity contribution in [3.63, 3.8) is 0 Å². The summed E-state index contributed by atoms with van der Waals surface area (Å²) in [6, 6.07) is 15.1. The molecule has 0 aliphatic rings. The van der Waals surface area contributed by atoms with Crippen LogP contribution in [-0.2, 0) is 18.4 Å². The van der Waals surface area contributed by atoms with E-state index in [1.54, 1.807) is 13.2 Å². The minimum absolute atomic E-state index is 0.134. The number of nitrogens with zero attached hydrogens (tertiary/aromatic N) is 3. The zero-order valence-corrected chi connectivity index (χ0v) is 16.1. The molecule has 0 spiro atoms. The number of carbonyl (C=O) groups is 1. The van der Waals surface area contributed by atoms with Gasteiger partial charge in [0.2, 0.25) is 5.91 Å². The number of para-hydroxylation sites is 1. The summed E-state index contributed by atoms with van der Waals surface area (Å²) < 4.78 is 3.12. The number of benzene rings is 2. The lowest BCUT2D eigenvalue weighted by atomic mass is 10.1. The lowest BCUT2D eigenvalue weighted by molar-refractivity contribution is -0.123. The highest BCUT2D eigenvalue weighted by Gasteiger charge is 2.23. The van der Waals surface area contributed by atoms with Gasteiger partial charge < -0.3 is 9.88 Å². The van der Waals surface area contributed by atoms with Crippen molar-refractivity contribution in [3.8, 4) is 0 Å². The minimum Gasteiger partial charge on any atom is -0.350 e. The fourth-order valence-corrected chi connectivity index (χ4v) is 3.65. The molecule has 28 heavy (non-hydrogen) atoms. The van der Waals surface area contributed by atoms with E-state index in [0.717, 1.165) is 27.4 Å². The molecular weight excluding hydrogens is 352 g/mol. The quantitative estimate of drug-likeness (QED) is 0.597. The van der Waals surface area contributed by atoms with Crippen LogP contribution in [0.1, 0.15) is 24.1 Å². The van der Waals surface area contributed by atoms with Gasteiger partial charge >= 0.3 is 0 Å². The van der Waals surface area contributed by atoms with Crippen LogP contribution in [0.15, 0.2) is 59.5 Å². The number of rotatable bonds is 4. The summed E-state index contributed by atoms with van der Waals surface area (Å²) in [4.78, 5) is 25.8. The molecule has 2 aromatic carbocycles. The average Bonchev–Trinajstić information content (AvgIpc) is 3.04. The maximum absolute atomic E-state index is 13.0. The van der Waals surface area contributed by atoms with E-state index in [1.165, 1.54) is 4.68 Å². The van der Waals surface area contributed by atoms with Crippen LogP contribution >= 0.6 is 0 Å². The maximum Gasteiger partial charge on any atom is 0.291 e. The number of nitrogens with one attached hydrogen (secondary N) is 1. The predicted molar refractivity (Wildman–Crippen MR) is 110 cm³/mol. The van der Waals surface area contributed by atoms with E-state index in [9.17, 15) is 9.59 Å². The Labute approximate surface area is 162 Å². The average molecular weight is 374 g/mol. The van der Waals surface area contributed by atoms with E-state index >= 15 is 0 Å². The number of aromatic nitrogens is 3. The summed E-state index contributed by atoms with van der Waals surface area (Å²) >= 11 is 0. The van der Waals surface area contributed by atoms with Crippen LogP contribution in [0.25, 0.3) is 21.8 Å². The minimum atomic E-state index is -0.540. The molecule has 2 aromatic heterocycles. The van der Waals surface area contributed by atoms with Crippen molar-refractivity contribution in [1.82, 2.24) is 19.7 Å². The van der Waals surface area contributed by atoms with Crippen LogP contribution in [0.2, 0.25) is 0 Å². The highest BCUT2D eigenvalue weighted by molar-refractivity contribution is 6.08. The molecule has 1 unspecified atom stereocenters. The molecule has 2 heterocycles. The van der Waals surface area contributed by atoms with Gasteiger partial charge in [-0.1, -0.05) is 42.5 Å². The highest BCUT2D eigenvalue weighted by atomic mass is 16.2. The van der Waals surface area contributed by atoms with Crippen LogP contribution in [0.4, 0.5) is 0 Å². The smallest absolute Gasteiger partial charge is 0.291 e. The molecule has 0 fully saturated rings. The van der Waals surface area contributed by atoms with E-state index in [0.29, 0.717) is 12.1 Å². The number of hydrogen-bond donors (Lipinski definition) is 1. The van der Waals surface area contributed by atoms with Crippen molar-refractivity contribution in [1.29, 1.82) is 0 Å². The Morgan fingerprint density at radius 1 is 1.11 bits per heavy atom. The molecule has 1 amide bonds. The lowest BCUT2D eigenvalue weighted by Gasteiger charge is -2.17. The normalized spacial score (nSPS) is 12.4. The molecule has 6 nitrogen and oxygen atoms in total. The Kier molecular flexibility index (Phi) is 4.47. The van der Waals surface area contributed by atoms with Crippen LogP contribution < -0.4 is 10.9 Å². The number of carbonyl (C=O) groups excluding carboxylic acids is 1. The predicted octanol–water partition coefficient (Wildman–Crippen LogP) is 3.07. The second-order valence-electron chi connectivity index (χ2n) is 7.04. The fourth-order valence-electron chi connectivity index (χ4n) is 3.65. The first kappa shape index (κ1) is 18.0. The summed E-state index contributed by atoms with van der Waals surface area (Å²) in [6.45, 7) is 4.29. The third-order valence-corrected chi connectivity index (χ3v) is 5.29. The molecule has 4 rings (SSSR count). The fraction of sp³-hybridized carbons (Fsp3) is 0.227. The summed E-state index contributed by atoms with van der Waals surface area (Å²) in [5.74, 6) is -0.134. The first-order valence-electron chi connectivity index (χ1n) is 9.26. The van der Waals surface area contributed by atoms with Crippen LogP contribution in [-0.4, -0.2) is 20.3 Å². The largest absolute Gasteiger partial charge is 0.350 e. The Hall–Kier alpha value is -3.41. The molecule has 0 saturated heterocycles. The number of fused-ring (bicyclic) bond motifs is 3. The second kappa shape index (κ2) is 6.96. The molecule has 6 heteroatoms. The summed E-state index contributed by atoms with van der Waals surface area (Å²) in [6.07, 6.45) is 1.69. The molecule has 0 bridgehead atoms. The lowest BCUT2D eigenvalue weighted by Crippen LogP contribution is -2.32. The molecule has 1 atom stereocenters.